The number of aromatic nitrogens is 5. The average molecular weight is 429 g/mol. The van der Waals surface area contributed by atoms with Crippen molar-refractivity contribution in [2.24, 2.45) is 0 Å². The van der Waals surface area contributed by atoms with Crippen LogP contribution in [0.5, 0.6) is 0 Å². The number of rotatable bonds is 6. The fourth-order valence-corrected chi connectivity index (χ4v) is 4.51. The highest BCUT2D eigenvalue weighted by Gasteiger charge is 2.27. The highest BCUT2D eigenvalue weighted by atomic mass is 32.1. The molecule has 31 heavy (non-hydrogen) atoms. The van der Waals surface area contributed by atoms with Crippen molar-refractivity contribution in [3.63, 3.8) is 0 Å². The number of nitrogens with zero attached hydrogens (tertiary/aromatic N) is 5. The second kappa shape index (κ2) is 7.39. The number of amides is 1. The molecule has 1 N–H and O–H groups in total. The summed E-state index contributed by atoms with van der Waals surface area (Å²) in [6.07, 6.45) is 10.1. The van der Waals surface area contributed by atoms with Crippen molar-refractivity contribution in [1.29, 1.82) is 0 Å². The monoisotopic (exact) mass is 428 g/mol. The van der Waals surface area contributed by atoms with Crippen LogP contribution in [0.4, 0.5) is 5.69 Å². The van der Waals surface area contributed by atoms with Crippen LogP contribution < -0.4 is 5.32 Å². The summed E-state index contributed by atoms with van der Waals surface area (Å²) in [6.45, 7) is 0. The van der Waals surface area contributed by atoms with Crippen molar-refractivity contribution in [3.05, 3.63) is 65.8 Å². The molecular formula is C23H20N6OS. The first-order chi connectivity index (χ1) is 15.2. The van der Waals surface area contributed by atoms with Crippen molar-refractivity contribution in [3.8, 4) is 21.8 Å². The highest BCUT2D eigenvalue weighted by molar-refractivity contribution is 7.14. The Morgan fingerprint density at radius 1 is 1.06 bits per heavy atom. The summed E-state index contributed by atoms with van der Waals surface area (Å²) in [7, 11) is 0. The Kier molecular flexibility index (Phi) is 4.38. The third-order valence-corrected chi connectivity index (χ3v) is 6.63. The third-order valence-electron chi connectivity index (χ3n) is 5.70. The average Bonchev–Trinajstić information content (AvgIpc) is 3.74. The van der Waals surface area contributed by atoms with Crippen molar-refractivity contribution < 1.29 is 4.79 Å². The number of nitrogens with one attached hydrogen (secondary N) is 1. The van der Waals surface area contributed by atoms with E-state index in [2.05, 4.69) is 42.2 Å². The zero-order chi connectivity index (χ0) is 20.8. The lowest BCUT2D eigenvalue weighted by Gasteiger charge is -2.06. The lowest BCUT2D eigenvalue weighted by atomic mass is 10.1. The van der Waals surface area contributed by atoms with E-state index in [9.17, 15) is 4.79 Å². The van der Waals surface area contributed by atoms with E-state index in [1.54, 1.807) is 29.9 Å². The minimum atomic E-state index is -0.239. The van der Waals surface area contributed by atoms with E-state index in [-0.39, 0.29) is 5.91 Å². The van der Waals surface area contributed by atoms with E-state index in [1.165, 1.54) is 25.7 Å². The Labute approximate surface area is 183 Å². The third kappa shape index (κ3) is 3.74. The molecule has 2 aliphatic rings. The minimum absolute atomic E-state index is 0.239. The normalized spacial score (nSPS) is 15.7. The van der Waals surface area contributed by atoms with Crippen LogP contribution in [0.2, 0.25) is 0 Å². The Balaban J connectivity index is 1.19. The van der Waals surface area contributed by atoms with Crippen LogP contribution in [0.25, 0.3) is 21.8 Å². The molecule has 154 valence electrons. The Morgan fingerprint density at radius 2 is 1.97 bits per heavy atom. The van der Waals surface area contributed by atoms with E-state index in [4.69, 9.17) is 0 Å². The summed E-state index contributed by atoms with van der Waals surface area (Å²) < 4.78 is 2.12. The SMILES string of the molecule is O=C(Nc1csc(-c2nncn2C2CC2)c1)c1cc(-c2ccc(C3CC3)nc2)ccn1. The van der Waals surface area contributed by atoms with Crippen molar-refractivity contribution in [1.82, 2.24) is 24.7 Å². The van der Waals surface area contributed by atoms with Gasteiger partial charge in [-0.1, -0.05) is 6.07 Å². The second-order valence-electron chi connectivity index (χ2n) is 8.12. The lowest BCUT2D eigenvalue weighted by molar-refractivity contribution is 0.102. The molecule has 0 saturated heterocycles. The van der Waals surface area contributed by atoms with Crippen LogP contribution in [-0.2, 0) is 0 Å². The van der Waals surface area contributed by atoms with Gasteiger partial charge < -0.3 is 9.88 Å². The van der Waals surface area contributed by atoms with Crippen LogP contribution >= 0.6 is 11.3 Å². The maximum atomic E-state index is 12.8. The summed E-state index contributed by atoms with van der Waals surface area (Å²) in [5, 5.41) is 13.2. The first-order valence-corrected chi connectivity index (χ1v) is 11.3. The predicted molar refractivity (Wildman–Crippen MR) is 119 cm³/mol. The number of pyridine rings is 2. The fourth-order valence-electron chi connectivity index (χ4n) is 3.68. The van der Waals surface area contributed by atoms with Gasteiger partial charge in [-0.2, -0.15) is 0 Å². The fraction of sp³-hybridized carbons (Fsp3) is 0.261. The van der Waals surface area contributed by atoms with Gasteiger partial charge in [0.2, 0.25) is 0 Å². The van der Waals surface area contributed by atoms with Gasteiger partial charge in [-0.05, 0) is 55.5 Å². The van der Waals surface area contributed by atoms with E-state index in [0.717, 1.165) is 33.2 Å². The molecule has 0 bridgehead atoms. The predicted octanol–water partition coefficient (Wildman–Crippen LogP) is 4.93. The van der Waals surface area contributed by atoms with Gasteiger partial charge in [0.05, 0.1) is 10.6 Å². The molecule has 4 heterocycles. The summed E-state index contributed by atoms with van der Waals surface area (Å²) in [4.78, 5) is 22.6. The first kappa shape index (κ1) is 18.4. The maximum Gasteiger partial charge on any atom is 0.274 e. The van der Waals surface area contributed by atoms with Gasteiger partial charge in [-0.3, -0.25) is 14.8 Å². The minimum Gasteiger partial charge on any atom is -0.320 e. The van der Waals surface area contributed by atoms with Crippen LogP contribution in [0.1, 0.15) is 53.8 Å². The highest BCUT2D eigenvalue weighted by Crippen LogP contribution is 2.40. The molecule has 0 spiro atoms. The summed E-state index contributed by atoms with van der Waals surface area (Å²) in [5.41, 5.74) is 4.17. The molecular weight excluding hydrogens is 408 g/mol. The molecule has 2 saturated carbocycles. The topological polar surface area (TPSA) is 85.6 Å². The Hall–Kier alpha value is -3.39. The standard InChI is InChI=1S/C23H20N6OS/c30-23(27-17-10-21(31-12-17)22-28-26-13-29(22)18-4-5-18)20-9-15(7-8-24-20)16-3-6-19(25-11-16)14-1-2-14/h3,6-14,18H,1-2,4-5H2,(H,27,30). The molecule has 0 radical (unpaired) electrons. The smallest absolute Gasteiger partial charge is 0.274 e. The second-order valence-corrected chi connectivity index (χ2v) is 9.03. The van der Waals surface area contributed by atoms with Crippen molar-refractivity contribution in [2.45, 2.75) is 37.6 Å². The quantitative estimate of drug-likeness (QED) is 0.471. The van der Waals surface area contributed by atoms with E-state index >= 15 is 0 Å². The number of carbonyl (C=O) groups is 1. The summed E-state index contributed by atoms with van der Waals surface area (Å²) >= 11 is 1.55. The first-order valence-electron chi connectivity index (χ1n) is 10.5. The molecule has 0 aliphatic heterocycles. The molecule has 0 aromatic carbocycles. The van der Waals surface area contributed by atoms with Crippen molar-refractivity contribution in [2.75, 3.05) is 5.32 Å². The number of thiophene rings is 1. The molecule has 6 rings (SSSR count). The van der Waals surface area contributed by atoms with Crippen molar-refractivity contribution >= 4 is 22.9 Å². The molecule has 2 aliphatic carbocycles. The maximum absolute atomic E-state index is 12.8. The van der Waals surface area contributed by atoms with Gasteiger partial charge in [-0.15, -0.1) is 21.5 Å². The molecule has 4 aromatic rings. The van der Waals surface area contributed by atoms with Crippen LogP contribution in [0.15, 0.2) is 54.4 Å². The van der Waals surface area contributed by atoms with Gasteiger partial charge in [-0.25, -0.2) is 0 Å². The zero-order valence-electron chi connectivity index (χ0n) is 16.7. The molecule has 1 amide bonds. The van der Waals surface area contributed by atoms with E-state index < -0.39 is 0 Å². The molecule has 0 unspecified atom stereocenters. The Morgan fingerprint density at radius 3 is 2.74 bits per heavy atom. The van der Waals surface area contributed by atoms with Gasteiger partial charge in [0.25, 0.3) is 5.91 Å². The van der Waals surface area contributed by atoms with Crippen LogP contribution in [0.3, 0.4) is 0 Å². The summed E-state index contributed by atoms with van der Waals surface area (Å²) in [6, 6.07) is 10.3. The van der Waals surface area contributed by atoms with Crippen LogP contribution in [-0.4, -0.2) is 30.6 Å². The van der Waals surface area contributed by atoms with Gasteiger partial charge >= 0.3 is 0 Å². The van der Waals surface area contributed by atoms with E-state index in [1.807, 2.05) is 23.7 Å². The molecule has 2 fully saturated rings. The number of hydrogen-bond acceptors (Lipinski definition) is 6. The molecule has 7 nitrogen and oxygen atoms in total. The number of hydrogen-bond donors (Lipinski definition) is 1. The van der Waals surface area contributed by atoms with Gasteiger partial charge in [0.15, 0.2) is 5.82 Å². The number of anilines is 1. The summed E-state index contributed by atoms with van der Waals surface area (Å²) in [5.74, 6) is 1.24. The molecule has 4 aromatic heterocycles. The lowest BCUT2D eigenvalue weighted by Crippen LogP contribution is -2.13. The van der Waals surface area contributed by atoms with E-state index in [0.29, 0.717) is 17.7 Å². The largest absolute Gasteiger partial charge is 0.320 e. The van der Waals surface area contributed by atoms with Gasteiger partial charge in [0.1, 0.15) is 12.0 Å². The van der Waals surface area contributed by atoms with Crippen LogP contribution in [0, 0.1) is 0 Å². The number of carbonyl (C=O) groups excluding carboxylic acids is 1. The molecule has 8 heteroatoms. The molecule has 0 atom stereocenters. The van der Waals surface area contributed by atoms with Gasteiger partial charge in [0, 0.05) is 41.0 Å². The zero-order valence-corrected chi connectivity index (χ0v) is 17.5. The Bertz CT molecular complexity index is 1250.